The van der Waals surface area contributed by atoms with Crippen LogP contribution < -0.4 is 0 Å². The van der Waals surface area contributed by atoms with Gasteiger partial charge in [-0.2, -0.15) is 0 Å². The second-order valence-corrected chi connectivity index (χ2v) is 7.60. The van der Waals surface area contributed by atoms with E-state index in [1.807, 2.05) is 0 Å². The molecule has 0 aliphatic heterocycles. The van der Waals surface area contributed by atoms with Crippen LogP contribution in [-0.2, 0) is 19.3 Å². The lowest BCUT2D eigenvalue weighted by Gasteiger charge is -2.13. The van der Waals surface area contributed by atoms with Crippen molar-refractivity contribution in [1.82, 2.24) is 4.98 Å². The van der Waals surface area contributed by atoms with Gasteiger partial charge in [0.15, 0.2) is 0 Å². The minimum Gasteiger partial charge on any atom is -0.253 e. The number of aromatic nitrogens is 1. The Labute approximate surface area is 171 Å². The van der Waals surface area contributed by atoms with Gasteiger partial charge in [0, 0.05) is 11.1 Å². The Morgan fingerprint density at radius 1 is 0.552 bits per heavy atom. The lowest BCUT2D eigenvalue weighted by molar-refractivity contribution is 0.898. The Bertz CT molecular complexity index is 1260. The van der Waals surface area contributed by atoms with Crippen molar-refractivity contribution in [3.05, 3.63) is 126 Å². The lowest BCUT2D eigenvalue weighted by Crippen LogP contribution is -2.02. The van der Waals surface area contributed by atoms with Gasteiger partial charge in [-0.1, -0.05) is 91.0 Å². The molecule has 0 fully saturated rings. The first-order valence-electron chi connectivity index (χ1n) is 10.2. The van der Waals surface area contributed by atoms with E-state index < -0.39 is 0 Å². The summed E-state index contributed by atoms with van der Waals surface area (Å²) in [5, 5.41) is 3.79. The minimum absolute atomic E-state index is 0.914. The highest BCUT2D eigenvalue weighted by Crippen LogP contribution is 2.28. The van der Waals surface area contributed by atoms with Gasteiger partial charge in [-0.15, -0.1) is 0 Å². The van der Waals surface area contributed by atoms with Gasteiger partial charge in [0.05, 0.1) is 5.52 Å². The Morgan fingerprint density at radius 3 is 2.03 bits per heavy atom. The molecule has 0 unspecified atom stereocenters. The predicted molar refractivity (Wildman–Crippen MR) is 122 cm³/mol. The van der Waals surface area contributed by atoms with Crippen molar-refractivity contribution in [2.45, 2.75) is 19.3 Å². The largest absolute Gasteiger partial charge is 0.253 e. The molecule has 0 saturated heterocycles. The number of hydrogen-bond acceptors (Lipinski definition) is 1. The van der Waals surface area contributed by atoms with E-state index in [9.17, 15) is 0 Å². The van der Waals surface area contributed by atoms with Crippen molar-refractivity contribution < 1.29 is 0 Å². The van der Waals surface area contributed by atoms with Crippen LogP contribution in [-0.4, -0.2) is 4.98 Å². The molecule has 1 heteroatoms. The van der Waals surface area contributed by atoms with Crippen LogP contribution in [0.2, 0.25) is 0 Å². The van der Waals surface area contributed by atoms with Gasteiger partial charge in [-0.3, -0.25) is 4.98 Å². The highest BCUT2D eigenvalue weighted by Gasteiger charge is 2.10. The molecule has 0 aliphatic rings. The maximum absolute atomic E-state index is 5.14. The first kappa shape index (κ1) is 17.6. The highest BCUT2D eigenvalue weighted by molar-refractivity contribution is 6.06. The van der Waals surface area contributed by atoms with Gasteiger partial charge in [-0.25, -0.2) is 0 Å². The smallest absolute Gasteiger partial charge is 0.0711 e. The Balaban J connectivity index is 1.60. The van der Waals surface area contributed by atoms with Gasteiger partial charge < -0.3 is 0 Å². The van der Waals surface area contributed by atoms with E-state index in [1.54, 1.807) is 0 Å². The van der Waals surface area contributed by atoms with Crippen molar-refractivity contribution in [3.8, 4) is 0 Å². The molecule has 0 spiro atoms. The molecule has 1 nitrogen and oxygen atoms in total. The fourth-order valence-electron chi connectivity index (χ4n) is 4.10. The van der Waals surface area contributed by atoms with E-state index in [-0.39, 0.29) is 0 Å². The Kier molecular flexibility index (Phi) is 4.80. The molecule has 0 N–H and O–H groups in total. The van der Waals surface area contributed by atoms with Crippen LogP contribution in [0.25, 0.3) is 21.7 Å². The van der Waals surface area contributed by atoms with Crippen molar-refractivity contribution in [3.63, 3.8) is 0 Å². The summed E-state index contributed by atoms with van der Waals surface area (Å²) in [4.78, 5) is 5.14. The molecular weight excluding hydrogens is 350 g/mol. The van der Waals surface area contributed by atoms with Crippen LogP contribution in [0, 0.1) is 0 Å². The number of fused-ring (bicyclic) bond motifs is 3. The lowest BCUT2D eigenvalue weighted by atomic mass is 9.96. The number of rotatable bonds is 5. The second-order valence-electron chi connectivity index (χ2n) is 7.60. The zero-order chi connectivity index (χ0) is 19.5. The van der Waals surface area contributed by atoms with E-state index in [2.05, 4.69) is 103 Å². The fourth-order valence-corrected chi connectivity index (χ4v) is 4.10. The van der Waals surface area contributed by atoms with Crippen LogP contribution in [0.4, 0.5) is 0 Å². The van der Waals surface area contributed by atoms with Crippen LogP contribution in [0.1, 0.15) is 22.4 Å². The fraction of sp³-hybridized carbons (Fsp3) is 0.107. The van der Waals surface area contributed by atoms with Gasteiger partial charge in [-0.05, 0) is 58.9 Å². The second kappa shape index (κ2) is 7.89. The molecule has 140 valence electrons. The van der Waals surface area contributed by atoms with Crippen LogP contribution >= 0.6 is 0 Å². The van der Waals surface area contributed by atoms with E-state index in [1.165, 1.54) is 38.5 Å². The summed E-state index contributed by atoms with van der Waals surface area (Å²) >= 11 is 0. The van der Waals surface area contributed by atoms with Crippen LogP contribution in [0.5, 0.6) is 0 Å². The summed E-state index contributed by atoms with van der Waals surface area (Å²) in [6.07, 6.45) is 2.88. The average molecular weight is 373 g/mol. The number of aryl methyl sites for hydroxylation is 2. The maximum atomic E-state index is 5.14. The summed E-state index contributed by atoms with van der Waals surface area (Å²) in [5.41, 5.74) is 6.31. The van der Waals surface area contributed by atoms with E-state index in [4.69, 9.17) is 4.98 Å². The van der Waals surface area contributed by atoms with E-state index >= 15 is 0 Å². The van der Waals surface area contributed by atoms with Crippen LogP contribution in [0.15, 0.2) is 103 Å². The molecule has 0 aliphatic carbocycles. The molecule has 5 aromatic rings. The van der Waals surface area contributed by atoms with Crippen molar-refractivity contribution in [1.29, 1.82) is 0 Å². The molecule has 29 heavy (non-hydrogen) atoms. The molecule has 0 saturated carbocycles. The SMILES string of the molecule is c1ccc(CCc2nc3ccc4ccccc4c3cc2Cc2ccccc2)cc1. The number of nitrogens with zero attached hydrogens (tertiary/aromatic N) is 1. The molecule has 1 aromatic heterocycles. The van der Waals surface area contributed by atoms with Crippen molar-refractivity contribution in [2.75, 3.05) is 0 Å². The van der Waals surface area contributed by atoms with Crippen molar-refractivity contribution in [2.24, 2.45) is 0 Å². The third-order valence-corrected chi connectivity index (χ3v) is 5.62. The molecule has 0 atom stereocenters. The topological polar surface area (TPSA) is 12.9 Å². The summed E-state index contributed by atoms with van der Waals surface area (Å²) < 4.78 is 0. The molecule has 0 bridgehead atoms. The quantitative estimate of drug-likeness (QED) is 0.310. The molecule has 4 aromatic carbocycles. The Hall–Kier alpha value is -3.45. The van der Waals surface area contributed by atoms with Crippen molar-refractivity contribution >= 4 is 21.7 Å². The third kappa shape index (κ3) is 3.77. The average Bonchev–Trinajstić information content (AvgIpc) is 2.79. The normalized spacial score (nSPS) is 11.2. The number of hydrogen-bond donors (Lipinski definition) is 0. The zero-order valence-corrected chi connectivity index (χ0v) is 16.4. The molecular formula is C28H23N. The van der Waals surface area contributed by atoms with Gasteiger partial charge in [0.25, 0.3) is 0 Å². The first-order valence-corrected chi connectivity index (χ1v) is 10.2. The number of pyridine rings is 1. The first-order chi connectivity index (χ1) is 14.4. The minimum atomic E-state index is 0.914. The molecule has 1 heterocycles. The molecule has 0 amide bonds. The maximum Gasteiger partial charge on any atom is 0.0711 e. The highest BCUT2D eigenvalue weighted by atomic mass is 14.7. The third-order valence-electron chi connectivity index (χ3n) is 5.62. The summed E-state index contributed by atoms with van der Waals surface area (Å²) in [6, 6.07) is 36.7. The summed E-state index contributed by atoms with van der Waals surface area (Å²) in [7, 11) is 0. The summed E-state index contributed by atoms with van der Waals surface area (Å²) in [6.45, 7) is 0. The zero-order valence-electron chi connectivity index (χ0n) is 16.4. The number of benzene rings is 4. The summed E-state index contributed by atoms with van der Waals surface area (Å²) in [5.74, 6) is 0. The van der Waals surface area contributed by atoms with Crippen LogP contribution in [0.3, 0.4) is 0 Å². The standard InChI is InChI=1S/C28H23N/c1-3-9-21(10-4-1)15-17-27-24(19-22-11-5-2-6-12-22)20-26-25-14-8-7-13-23(25)16-18-28(26)29-27/h1-14,16,18,20H,15,17,19H2. The van der Waals surface area contributed by atoms with Gasteiger partial charge in [0.2, 0.25) is 0 Å². The van der Waals surface area contributed by atoms with Gasteiger partial charge in [0.1, 0.15) is 0 Å². The Morgan fingerprint density at radius 2 is 1.24 bits per heavy atom. The molecule has 0 radical (unpaired) electrons. The van der Waals surface area contributed by atoms with E-state index in [0.717, 1.165) is 24.8 Å². The van der Waals surface area contributed by atoms with Gasteiger partial charge >= 0.3 is 0 Å². The predicted octanol–water partition coefficient (Wildman–Crippen LogP) is 6.76. The monoisotopic (exact) mass is 373 g/mol. The van der Waals surface area contributed by atoms with E-state index in [0.29, 0.717) is 0 Å². The molecule has 5 rings (SSSR count).